The van der Waals surface area contributed by atoms with Crippen LogP contribution in [0.25, 0.3) is 10.9 Å². The topological polar surface area (TPSA) is 139 Å². The van der Waals surface area contributed by atoms with Gasteiger partial charge in [-0.1, -0.05) is 0 Å². The lowest BCUT2D eigenvalue weighted by Crippen LogP contribution is -2.45. The molecule has 2 saturated heterocycles. The summed E-state index contributed by atoms with van der Waals surface area (Å²) in [6.07, 6.45) is 4.00. The Morgan fingerprint density at radius 1 is 1.27 bits per heavy atom. The molecule has 1 aromatic heterocycles. The molecular formula is C28H33FN6O5S. The van der Waals surface area contributed by atoms with Gasteiger partial charge in [0.15, 0.2) is 11.6 Å². The molecule has 11 nitrogen and oxygen atoms in total. The number of nitriles is 1. The summed E-state index contributed by atoms with van der Waals surface area (Å²) in [5.74, 6) is -1.24. The first-order chi connectivity index (χ1) is 19.3. The molecule has 3 aromatic rings. The Morgan fingerprint density at radius 2 is 2.00 bits per heavy atom. The van der Waals surface area contributed by atoms with Gasteiger partial charge in [-0.15, -0.1) is 0 Å². The minimum Gasteiger partial charge on any atom is -0.453 e. The highest BCUT2D eigenvalue weighted by atomic mass is 32.2. The first-order valence-corrected chi connectivity index (χ1v) is 14.8. The van der Waals surface area contributed by atoms with Gasteiger partial charge in [0.1, 0.15) is 17.4 Å². The number of aromatic nitrogens is 2. The second kappa shape index (κ2) is 10.7. The minimum atomic E-state index is -4.08. The lowest BCUT2D eigenvalue weighted by Gasteiger charge is -2.32. The summed E-state index contributed by atoms with van der Waals surface area (Å²) in [6.45, 7) is 7.29. The zero-order valence-electron chi connectivity index (χ0n) is 23.4. The van der Waals surface area contributed by atoms with Crippen molar-refractivity contribution in [2.24, 2.45) is 0 Å². The molecular weight excluding hydrogens is 551 g/mol. The Kier molecular flexibility index (Phi) is 7.54. The number of fused-ring (bicyclic) bond motifs is 1. The molecule has 5 rings (SSSR count). The molecule has 0 aliphatic carbocycles. The fourth-order valence-electron chi connectivity index (χ4n) is 5.21. The third-order valence-corrected chi connectivity index (χ3v) is 9.58. The van der Waals surface area contributed by atoms with E-state index in [0.29, 0.717) is 18.5 Å². The molecule has 0 bridgehead atoms. The largest absolute Gasteiger partial charge is 0.453 e. The Labute approximate surface area is 238 Å². The van der Waals surface area contributed by atoms with E-state index in [9.17, 15) is 22.9 Å². The van der Waals surface area contributed by atoms with Crippen LogP contribution in [-0.4, -0.2) is 60.2 Å². The number of anilines is 1. The number of rotatable bonds is 6. The van der Waals surface area contributed by atoms with Gasteiger partial charge < -0.3 is 14.8 Å². The first kappa shape index (κ1) is 28.9. The van der Waals surface area contributed by atoms with Crippen LogP contribution < -0.4 is 20.3 Å². The van der Waals surface area contributed by atoms with Crippen LogP contribution in [0.15, 0.2) is 41.5 Å². The number of nitrogens with zero attached hydrogens (tertiary/aromatic N) is 4. The van der Waals surface area contributed by atoms with Gasteiger partial charge in [0, 0.05) is 12.6 Å². The predicted octanol–water partition coefficient (Wildman–Crippen LogP) is 3.67. The average molecular weight is 585 g/mol. The van der Waals surface area contributed by atoms with Gasteiger partial charge in [0.25, 0.3) is 5.56 Å². The van der Waals surface area contributed by atoms with Crippen molar-refractivity contribution >= 4 is 26.8 Å². The van der Waals surface area contributed by atoms with Gasteiger partial charge >= 0.3 is 10.2 Å². The molecule has 1 atom stereocenters. The van der Waals surface area contributed by atoms with Crippen LogP contribution >= 0.6 is 0 Å². The molecule has 3 heterocycles. The second-order valence-corrected chi connectivity index (χ2v) is 13.2. The third kappa shape index (κ3) is 5.65. The molecule has 1 spiro atoms. The second-order valence-electron chi connectivity index (χ2n) is 11.5. The predicted molar refractivity (Wildman–Crippen MR) is 152 cm³/mol. The summed E-state index contributed by atoms with van der Waals surface area (Å²) in [7, 11) is -2.68. The summed E-state index contributed by atoms with van der Waals surface area (Å²) >= 11 is 0. The molecule has 0 radical (unpaired) electrons. The summed E-state index contributed by atoms with van der Waals surface area (Å²) < 4.78 is 57.7. The molecule has 0 unspecified atom stereocenters. The fraction of sp³-hybridized carbons (Fsp3) is 0.464. The Hall–Kier alpha value is -3.57. The van der Waals surface area contributed by atoms with E-state index < -0.39 is 27.3 Å². The summed E-state index contributed by atoms with van der Waals surface area (Å²) in [5.41, 5.74) is -1.32. The fourth-order valence-corrected chi connectivity index (χ4v) is 6.51. The zero-order chi connectivity index (χ0) is 29.6. The molecule has 2 N–H and O–H groups in total. The highest BCUT2D eigenvalue weighted by Gasteiger charge is 2.42. The van der Waals surface area contributed by atoms with Crippen LogP contribution in [0.2, 0.25) is 0 Å². The monoisotopic (exact) mass is 584 g/mol. The molecule has 41 heavy (non-hydrogen) atoms. The average Bonchev–Trinajstić information content (AvgIpc) is 3.33. The van der Waals surface area contributed by atoms with Gasteiger partial charge in [-0.05, 0) is 83.5 Å². The van der Waals surface area contributed by atoms with Gasteiger partial charge in [0.2, 0.25) is 0 Å². The van der Waals surface area contributed by atoms with Crippen molar-refractivity contribution in [2.75, 3.05) is 31.5 Å². The van der Waals surface area contributed by atoms with Gasteiger partial charge in [-0.2, -0.15) is 18.0 Å². The van der Waals surface area contributed by atoms with Gasteiger partial charge in [-0.3, -0.25) is 14.1 Å². The molecule has 2 aromatic carbocycles. The maximum atomic E-state index is 15.0. The minimum absolute atomic E-state index is 0.0915. The van der Waals surface area contributed by atoms with E-state index in [4.69, 9.17) is 9.47 Å². The molecule has 0 amide bonds. The quantitative estimate of drug-likeness (QED) is 0.448. The Balaban J connectivity index is 1.46. The number of hydrogen-bond donors (Lipinski definition) is 2. The molecule has 2 aliphatic heterocycles. The molecule has 218 valence electrons. The van der Waals surface area contributed by atoms with E-state index in [1.807, 2.05) is 6.07 Å². The third-order valence-electron chi connectivity index (χ3n) is 7.84. The van der Waals surface area contributed by atoms with E-state index in [1.165, 1.54) is 25.5 Å². The number of nitrogens with one attached hydrogen (secondary N) is 2. The summed E-state index contributed by atoms with van der Waals surface area (Å²) in [5, 5.41) is 13.4. The molecule has 13 heteroatoms. The van der Waals surface area contributed by atoms with Crippen LogP contribution in [0.1, 0.15) is 51.6 Å². The van der Waals surface area contributed by atoms with Crippen molar-refractivity contribution < 1.29 is 22.3 Å². The van der Waals surface area contributed by atoms with Gasteiger partial charge in [-0.25, -0.2) is 9.37 Å². The lowest BCUT2D eigenvalue weighted by atomic mass is 9.88. The van der Waals surface area contributed by atoms with E-state index in [0.717, 1.165) is 42.4 Å². The summed E-state index contributed by atoms with van der Waals surface area (Å²) in [4.78, 5) is 18.0. The first-order valence-electron chi connectivity index (χ1n) is 13.4. The van der Waals surface area contributed by atoms with Crippen LogP contribution in [-0.2, 0) is 14.9 Å². The van der Waals surface area contributed by atoms with Crippen molar-refractivity contribution in [3.63, 3.8) is 0 Å². The number of halogens is 1. The summed E-state index contributed by atoms with van der Waals surface area (Å²) in [6, 6.07) is 8.38. The van der Waals surface area contributed by atoms with E-state index >= 15 is 0 Å². The standard InChI is InChI=1S/C28H33FN6O5S/c1-27(2,3)34(4)41(37,38)33-24-8-6-22(29)25(21(24)15-30)40-19-5-7-23-20(13-19)26(36)35(17-32-23)18-14-28(39-16-18)9-11-31-12-10-28/h5-8,13,17-18,31,33H,9-12,14,16H2,1-4H3/t18-/m1/s1. The van der Waals surface area contributed by atoms with Crippen LogP contribution in [0.4, 0.5) is 10.1 Å². The molecule has 2 aliphatic rings. The van der Waals surface area contributed by atoms with Crippen molar-refractivity contribution in [3.05, 3.63) is 58.4 Å². The molecule has 2 fully saturated rings. The van der Waals surface area contributed by atoms with Gasteiger partial charge in [0.05, 0.1) is 41.2 Å². The normalized spacial score (nSPS) is 19.0. The lowest BCUT2D eigenvalue weighted by molar-refractivity contribution is -0.0196. The highest BCUT2D eigenvalue weighted by Crippen LogP contribution is 2.39. The van der Waals surface area contributed by atoms with E-state index in [1.54, 1.807) is 31.4 Å². The number of piperidine rings is 1. The smallest absolute Gasteiger partial charge is 0.301 e. The van der Waals surface area contributed by atoms with Crippen molar-refractivity contribution in [2.45, 2.75) is 57.2 Å². The van der Waals surface area contributed by atoms with Crippen LogP contribution in [0, 0.1) is 17.1 Å². The number of hydrogen-bond acceptors (Lipinski definition) is 8. The maximum absolute atomic E-state index is 15.0. The number of benzene rings is 2. The molecule has 0 saturated carbocycles. The Morgan fingerprint density at radius 3 is 2.68 bits per heavy atom. The van der Waals surface area contributed by atoms with E-state index in [2.05, 4.69) is 15.0 Å². The van der Waals surface area contributed by atoms with Crippen LogP contribution in [0.3, 0.4) is 0 Å². The SMILES string of the molecule is CN(C(C)(C)C)S(=O)(=O)Nc1ccc(F)c(Oc2ccc3ncn([C@H]4COC5(CCNCC5)C4)c(=O)c3c2)c1C#N. The van der Waals surface area contributed by atoms with E-state index in [-0.39, 0.29) is 39.6 Å². The highest BCUT2D eigenvalue weighted by molar-refractivity contribution is 7.90. The number of ether oxygens (including phenoxy) is 2. The van der Waals surface area contributed by atoms with Crippen molar-refractivity contribution in [1.82, 2.24) is 19.2 Å². The Bertz CT molecular complexity index is 1690. The maximum Gasteiger partial charge on any atom is 0.301 e. The van der Waals surface area contributed by atoms with Crippen molar-refractivity contribution in [3.8, 4) is 17.6 Å². The zero-order valence-corrected chi connectivity index (χ0v) is 24.2. The van der Waals surface area contributed by atoms with Crippen molar-refractivity contribution in [1.29, 1.82) is 5.26 Å². The van der Waals surface area contributed by atoms with Crippen LogP contribution in [0.5, 0.6) is 11.5 Å².